The highest BCUT2D eigenvalue weighted by atomic mass is 32.2. The van der Waals surface area contributed by atoms with E-state index in [-0.39, 0.29) is 11.3 Å². The summed E-state index contributed by atoms with van der Waals surface area (Å²) in [6.45, 7) is 0.904. The predicted octanol–water partition coefficient (Wildman–Crippen LogP) is 0.276. The molecule has 1 aromatic heterocycles. The van der Waals surface area contributed by atoms with Crippen LogP contribution < -0.4 is 5.73 Å². The van der Waals surface area contributed by atoms with E-state index in [0.29, 0.717) is 12.2 Å². The molecule has 18 heavy (non-hydrogen) atoms. The van der Waals surface area contributed by atoms with E-state index in [9.17, 15) is 8.42 Å². The number of hydrogen-bond donors (Lipinski definition) is 1. The molecule has 0 bridgehead atoms. The van der Waals surface area contributed by atoms with Crippen molar-refractivity contribution in [2.45, 2.75) is 49.9 Å². The average molecular weight is 269 g/mol. The molecule has 1 saturated heterocycles. The first-order valence-electron chi connectivity index (χ1n) is 6.57. The van der Waals surface area contributed by atoms with Crippen LogP contribution in [0.3, 0.4) is 0 Å². The van der Waals surface area contributed by atoms with Gasteiger partial charge >= 0.3 is 0 Å². The van der Waals surface area contributed by atoms with Gasteiger partial charge in [0.15, 0.2) is 9.84 Å². The number of hydrogen-bond acceptors (Lipinski definition) is 4. The maximum Gasteiger partial charge on any atom is 0.153 e. The third-order valence-corrected chi connectivity index (χ3v) is 6.27. The van der Waals surface area contributed by atoms with Crippen LogP contribution in [0.25, 0.3) is 0 Å². The molecule has 2 N–H and O–H groups in total. The monoisotopic (exact) mass is 269 g/mol. The molecule has 2 aliphatic rings. The van der Waals surface area contributed by atoms with Crippen molar-refractivity contribution in [1.82, 2.24) is 9.55 Å². The van der Waals surface area contributed by atoms with Crippen LogP contribution in [0.4, 0.5) is 0 Å². The number of aryl methyl sites for hydroxylation is 1. The van der Waals surface area contributed by atoms with Gasteiger partial charge < -0.3 is 10.3 Å². The van der Waals surface area contributed by atoms with E-state index in [4.69, 9.17) is 5.73 Å². The second-order valence-electron chi connectivity index (χ2n) is 5.43. The molecule has 0 aliphatic carbocycles. The summed E-state index contributed by atoms with van der Waals surface area (Å²) in [7, 11) is -2.87. The number of sulfone groups is 1. The lowest BCUT2D eigenvalue weighted by Crippen LogP contribution is -2.30. The zero-order valence-electron chi connectivity index (χ0n) is 10.4. The number of rotatable bonds is 2. The number of aromatic nitrogens is 2. The zero-order valence-corrected chi connectivity index (χ0v) is 11.2. The largest absolute Gasteiger partial charge is 0.335 e. The fraction of sp³-hybridized carbons (Fsp3) is 0.750. The van der Waals surface area contributed by atoms with Gasteiger partial charge in [0.1, 0.15) is 5.82 Å². The minimum absolute atomic E-state index is 0.197. The maximum atomic E-state index is 11.8. The molecule has 1 fully saturated rings. The lowest BCUT2D eigenvalue weighted by molar-refractivity contribution is 0.463. The van der Waals surface area contributed by atoms with Gasteiger partial charge in [-0.1, -0.05) is 0 Å². The van der Waals surface area contributed by atoms with Crippen LogP contribution in [0, 0.1) is 0 Å². The van der Waals surface area contributed by atoms with Crippen LogP contribution in [0.15, 0.2) is 6.20 Å². The molecule has 2 atom stereocenters. The molecule has 0 spiro atoms. The van der Waals surface area contributed by atoms with Gasteiger partial charge in [-0.3, -0.25) is 0 Å². The quantitative estimate of drug-likeness (QED) is 0.836. The molecular weight excluding hydrogens is 250 g/mol. The number of fused-ring (bicyclic) bond motifs is 1. The summed E-state index contributed by atoms with van der Waals surface area (Å²) < 4.78 is 25.7. The fourth-order valence-corrected chi connectivity index (χ4v) is 4.78. The SMILES string of the molecule is NC1CCn2cc(CC3CCCS3(=O)=O)nc2C1. The number of imidazole rings is 1. The van der Waals surface area contributed by atoms with Gasteiger partial charge in [-0.05, 0) is 19.3 Å². The summed E-state index contributed by atoms with van der Waals surface area (Å²) in [4.78, 5) is 4.55. The standard InChI is InChI=1S/C12H19N3O2S/c13-9-3-4-15-8-10(14-12(15)6-9)7-11-2-1-5-18(11,16)17/h8-9,11H,1-7,13H2. The summed E-state index contributed by atoms with van der Waals surface area (Å²) in [6, 6.07) is 0.197. The summed E-state index contributed by atoms with van der Waals surface area (Å²) in [6.07, 6.45) is 5.93. The summed E-state index contributed by atoms with van der Waals surface area (Å²) in [5.74, 6) is 1.36. The highest BCUT2D eigenvalue weighted by Crippen LogP contribution is 2.24. The van der Waals surface area contributed by atoms with E-state index in [1.165, 1.54) is 0 Å². The summed E-state index contributed by atoms with van der Waals surface area (Å²) in [5.41, 5.74) is 6.83. The Hall–Kier alpha value is -0.880. The molecule has 5 nitrogen and oxygen atoms in total. The van der Waals surface area contributed by atoms with E-state index in [0.717, 1.165) is 43.7 Å². The minimum atomic E-state index is -2.87. The molecule has 3 heterocycles. The van der Waals surface area contributed by atoms with Crippen molar-refractivity contribution in [3.8, 4) is 0 Å². The molecule has 100 valence electrons. The van der Waals surface area contributed by atoms with Crippen LogP contribution in [0.5, 0.6) is 0 Å². The average Bonchev–Trinajstić information content (AvgIpc) is 2.82. The van der Waals surface area contributed by atoms with E-state index in [1.54, 1.807) is 0 Å². The van der Waals surface area contributed by atoms with Crippen LogP contribution >= 0.6 is 0 Å². The van der Waals surface area contributed by atoms with Crippen molar-refractivity contribution in [3.63, 3.8) is 0 Å². The molecule has 0 radical (unpaired) electrons. The Balaban J connectivity index is 1.78. The fourth-order valence-electron chi connectivity index (χ4n) is 2.93. The van der Waals surface area contributed by atoms with E-state index in [1.807, 2.05) is 6.20 Å². The Morgan fingerprint density at radius 2 is 2.28 bits per heavy atom. The third-order valence-electron chi connectivity index (χ3n) is 3.99. The maximum absolute atomic E-state index is 11.8. The third kappa shape index (κ3) is 2.19. The second-order valence-corrected chi connectivity index (χ2v) is 7.83. The van der Waals surface area contributed by atoms with Crippen LogP contribution in [-0.2, 0) is 29.2 Å². The molecule has 3 rings (SSSR count). The highest BCUT2D eigenvalue weighted by Gasteiger charge is 2.32. The van der Waals surface area contributed by atoms with Crippen molar-refractivity contribution in [1.29, 1.82) is 0 Å². The Labute approximate surface area is 107 Å². The van der Waals surface area contributed by atoms with Crippen LogP contribution in [0.2, 0.25) is 0 Å². The van der Waals surface area contributed by atoms with Crippen molar-refractivity contribution >= 4 is 9.84 Å². The van der Waals surface area contributed by atoms with Gasteiger partial charge in [0.05, 0.1) is 16.7 Å². The van der Waals surface area contributed by atoms with Gasteiger partial charge in [-0.15, -0.1) is 0 Å². The van der Waals surface area contributed by atoms with Gasteiger partial charge in [-0.25, -0.2) is 13.4 Å². The van der Waals surface area contributed by atoms with Gasteiger partial charge in [0.2, 0.25) is 0 Å². The first kappa shape index (κ1) is 12.2. The van der Waals surface area contributed by atoms with Crippen molar-refractivity contribution < 1.29 is 8.42 Å². The molecule has 0 amide bonds. The van der Waals surface area contributed by atoms with E-state index >= 15 is 0 Å². The van der Waals surface area contributed by atoms with Crippen molar-refractivity contribution in [3.05, 3.63) is 17.7 Å². The van der Waals surface area contributed by atoms with E-state index < -0.39 is 9.84 Å². The Kier molecular flexibility index (Phi) is 2.94. The topological polar surface area (TPSA) is 78.0 Å². The molecule has 0 aromatic carbocycles. The molecular formula is C12H19N3O2S. The van der Waals surface area contributed by atoms with Gasteiger partial charge in [0, 0.05) is 31.6 Å². The van der Waals surface area contributed by atoms with Crippen molar-refractivity contribution in [2.75, 3.05) is 5.75 Å². The zero-order chi connectivity index (χ0) is 12.8. The molecule has 2 aliphatic heterocycles. The summed E-state index contributed by atoms with van der Waals surface area (Å²) in [5, 5.41) is -0.219. The first-order chi connectivity index (χ1) is 8.54. The van der Waals surface area contributed by atoms with E-state index in [2.05, 4.69) is 9.55 Å². The molecule has 1 aromatic rings. The normalized spacial score (nSPS) is 30.3. The smallest absolute Gasteiger partial charge is 0.153 e. The number of nitrogens with zero attached hydrogens (tertiary/aromatic N) is 2. The lowest BCUT2D eigenvalue weighted by Gasteiger charge is -2.18. The molecule has 6 heteroatoms. The Morgan fingerprint density at radius 1 is 1.44 bits per heavy atom. The second kappa shape index (κ2) is 4.35. The molecule has 0 saturated carbocycles. The summed E-state index contributed by atoms with van der Waals surface area (Å²) >= 11 is 0. The first-order valence-corrected chi connectivity index (χ1v) is 8.28. The molecule has 2 unspecified atom stereocenters. The Morgan fingerprint density at radius 3 is 3.00 bits per heavy atom. The van der Waals surface area contributed by atoms with Crippen LogP contribution in [0.1, 0.15) is 30.8 Å². The number of nitrogens with two attached hydrogens (primary N) is 1. The highest BCUT2D eigenvalue weighted by molar-refractivity contribution is 7.92. The lowest BCUT2D eigenvalue weighted by atomic mass is 10.1. The van der Waals surface area contributed by atoms with Gasteiger partial charge in [0.25, 0.3) is 0 Å². The predicted molar refractivity (Wildman–Crippen MR) is 69.0 cm³/mol. The van der Waals surface area contributed by atoms with Gasteiger partial charge in [-0.2, -0.15) is 0 Å². The van der Waals surface area contributed by atoms with Crippen molar-refractivity contribution in [2.24, 2.45) is 5.73 Å². The Bertz CT molecular complexity index is 550. The minimum Gasteiger partial charge on any atom is -0.335 e. The van der Waals surface area contributed by atoms with Crippen LogP contribution in [-0.4, -0.2) is 35.0 Å².